The zero-order chi connectivity index (χ0) is 14.4. The molecular formula is C13H19N3O3. The average molecular weight is 265 g/mol. The fourth-order valence-electron chi connectivity index (χ4n) is 1.49. The van der Waals surface area contributed by atoms with Crippen LogP contribution >= 0.6 is 0 Å². The molecule has 4 N–H and O–H groups in total. The van der Waals surface area contributed by atoms with Crippen molar-refractivity contribution in [1.29, 1.82) is 0 Å². The minimum Gasteiger partial charge on any atom is -0.495 e. The number of hydrogen-bond acceptors (Lipinski definition) is 4. The largest absolute Gasteiger partial charge is 0.495 e. The van der Waals surface area contributed by atoms with Crippen molar-refractivity contribution >= 4 is 17.5 Å². The second-order valence-corrected chi connectivity index (χ2v) is 4.36. The van der Waals surface area contributed by atoms with Crippen LogP contribution in [-0.4, -0.2) is 31.5 Å². The van der Waals surface area contributed by atoms with Crippen LogP contribution in [0.25, 0.3) is 0 Å². The zero-order valence-electron chi connectivity index (χ0n) is 11.3. The number of amides is 2. The molecule has 0 fully saturated rings. The molecule has 0 atom stereocenters. The molecule has 19 heavy (non-hydrogen) atoms. The van der Waals surface area contributed by atoms with Gasteiger partial charge in [-0.15, -0.1) is 0 Å². The van der Waals surface area contributed by atoms with E-state index in [0.29, 0.717) is 17.0 Å². The predicted molar refractivity (Wildman–Crippen MR) is 73.0 cm³/mol. The van der Waals surface area contributed by atoms with E-state index in [4.69, 9.17) is 10.5 Å². The maximum Gasteiger partial charge on any atom is 0.251 e. The van der Waals surface area contributed by atoms with E-state index >= 15 is 0 Å². The number of nitrogen functional groups attached to an aromatic ring is 1. The molecule has 1 rings (SSSR count). The highest BCUT2D eigenvalue weighted by Gasteiger charge is 2.10. The van der Waals surface area contributed by atoms with E-state index in [0.717, 1.165) is 0 Å². The van der Waals surface area contributed by atoms with Gasteiger partial charge in [0.05, 0.1) is 19.3 Å². The molecule has 0 aromatic heterocycles. The van der Waals surface area contributed by atoms with Gasteiger partial charge in [-0.2, -0.15) is 0 Å². The van der Waals surface area contributed by atoms with Crippen molar-refractivity contribution in [1.82, 2.24) is 10.6 Å². The summed E-state index contributed by atoms with van der Waals surface area (Å²) in [6.07, 6.45) is 0. The molecule has 0 saturated carbocycles. The number of methoxy groups -OCH3 is 1. The van der Waals surface area contributed by atoms with Gasteiger partial charge in [-0.05, 0) is 32.0 Å². The van der Waals surface area contributed by atoms with Crippen LogP contribution in [0, 0.1) is 0 Å². The van der Waals surface area contributed by atoms with Crippen molar-refractivity contribution < 1.29 is 14.3 Å². The SMILES string of the molecule is COc1cc(C(=O)NCC(=O)NC(C)C)ccc1N. The Hall–Kier alpha value is -2.24. The number of anilines is 1. The smallest absolute Gasteiger partial charge is 0.251 e. The summed E-state index contributed by atoms with van der Waals surface area (Å²) >= 11 is 0. The van der Waals surface area contributed by atoms with E-state index in [1.165, 1.54) is 13.2 Å². The number of hydrogen-bond donors (Lipinski definition) is 3. The van der Waals surface area contributed by atoms with Crippen LogP contribution in [0.4, 0.5) is 5.69 Å². The minimum atomic E-state index is -0.350. The number of carbonyl (C=O) groups excluding carboxylic acids is 2. The van der Waals surface area contributed by atoms with Crippen molar-refractivity contribution in [2.24, 2.45) is 0 Å². The van der Waals surface area contributed by atoms with Gasteiger partial charge in [-0.1, -0.05) is 0 Å². The molecule has 0 radical (unpaired) electrons. The number of nitrogens with one attached hydrogen (secondary N) is 2. The van der Waals surface area contributed by atoms with Crippen LogP contribution in [0.1, 0.15) is 24.2 Å². The Labute approximate surface area is 112 Å². The quantitative estimate of drug-likeness (QED) is 0.677. The van der Waals surface area contributed by atoms with Crippen molar-refractivity contribution in [2.45, 2.75) is 19.9 Å². The minimum absolute atomic E-state index is 0.0426. The van der Waals surface area contributed by atoms with Gasteiger partial charge in [0.25, 0.3) is 5.91 Å². The van der Waals surface area contributed by atoms with E-state index in [1.807, 2.05) is 13.8 Å². The van der Waals surface area contributed by atoms with Gasteiger partial charge in [-0.3, -0.25) is 9.59 Å². The van der Waals surface area contributed by atoms with E-state index in [9.17, 15) is 9.59 Å². The lowest BCUT2D eigenvalue weighted by Crippen LogP contribution is -2.39. The predicted octanol–water partition coefficient (Wildman–Crippen LogP) is 0.532. The average Bonchev–Trinajstić information content (AvgIpc) is 2.35. The van der Waals surface area contributed by atoms with Crippen LogP contribution < -0.4 is 21.1 Å². The van der Waals surface area contributed by atoms with Crippen LogP contribution in [-0.2, 0) is 4.79 Å². The summed E-state index contributed by atoms with van der Waals surface area (Å²) in [4.78, 5) is 23.2. The number of nitrogens with two attached hydrogens (primary N) is 1. The number of benzene rings is 1. The van der Waals surface area contributed by atoms with E-state index in [-0.39, 0.29) is 24.4 Å². The standard InChI is InChI=1S/C13H19N3O3/c1-8(2)16-12(17)7-15-13(18)9-4-5-10(14)11(6-9)19-3/h4-6,8H,7,14H2,1-3H3,(H,15,18)(H,16,17). The van der Waals surface area contributed by atoms with Gasteiger partial charge in [-0.25, -0.2) is 0 Å². The molecule has 104 valence electrons. The molecule has 1 aromatic carbocycles. The van der Waals surface area contributed by atoms with Gasteiger partial charge in [0.15, 0.2) is 0 Å². The number of rotatable bonds is 5. The Kier molecular flexibility index (Phi) is 5.17. The second-order valence-electron chi connectivity index (χ2n) is 4.36. The van der Waals surface area contributed by atoms with Gasteiger partial charge in [0.2, 0.25) is 5.91 Å². The van der Waals surface area contributed by atoms with Crippen LogP contribution in [0.3, 0.4) is 0 Å². The highest BCUT2D eigenvalue weighted by atomic mass is 16.5. The van der Waals surface area contributed by atoms with Gasteiger partial charge in [0, 0.05) is 11.6 Å². The van der Waals surface area contributed by atoms with Crippen molar-refractivity contribution in [3.63, 3.8) is 0 Å². The maximum absolute atomic E-state index is 11.8. The number of ether oxygens (including phenoxy) is 1. The molecule has 0 aliphatic carbocycles. The third-order valence-corrected chi connectivity index (χ3v) is 2.35. The third-order valence-electron chi connectivity index (χ3n) is 2.35. The topological polar surface area (TPSA) is 93.4 Å². The highest BCUT2D eigenvalue weighted by molar-refractivity contribution is 5.97. The fourth-order valence-corrected chi connectivity index (χ4v) is 1.49. The molecule has 0 bridgehead atoms. The van der Waals surface area contributed by atoms with Crippen LogP contribution in [0.15, 0.2) is 18.2 Å². The molecule has 6 heteroatoms. The van der Waals surface area contributed by atoms with Gasteiger partial charge < -0.3 is 21.1 Å². The number of carbonyl (C=O) groups is 2. The van der Waals surface area contributed by atoms with E-state index < -0.39 is 0 Å². The summed E-state index contributed by atoms with van der Waals surface area (Å²) < 4.78 is 5.03. The first-order valence-electron chi connectivity index (χ1n) is 5.95. The lowest BCUT2D eigenvalue weighted by molar-refractivity contribution is -0.120. The summed E-state index contributed by atoms with van der Waals surface area (Å²) in [7, 11) is 1.48. The molecule has 0 aliphatic rings. The maximum atomic E-state index is 11.8. The molecule has 0 spiro atoms. The summed E-state index contributed by atoms with van der Waals surface area (Å²) in [6.45, 7) is 3.64. The molecule has 0 aliphatic heterocycles. The first-order valence-corrected chi connectivity index (χ1v) is 5.95. The van der Waals surface area contributed by atoms with Crippen molar-refractivity contribution in [3.05, 3.63) is 23.8 Å². The normalized spacial score (nSPS) is 10.1. The highest BCUT2D eigenvalue weighted by Crippen LogP contribution is 2.21. The third kappa shape index (κ3) is 4.50. The van der Waals surface area contributed by atoms with E-state index in [1.54, 1.807) is 12.1 Å². The summed E-state index contributed by atoms with van der Waals surface area (Å²) in [5.74, 6) is -0.151. The Balaban J connectivity index is 2.61. The first kappa shape index (κ1) is 14.8. The Morgan fingerprint density at radius 2 is 2.05 bits per heavy atom. The lowest BCUT2D eigenvalue weighted by Gasteiger charge is -2.10. The monoisotopic (exact) mass is 265 g/mol. The van der Waals surface area contributed by atoms with Crippen LogP contribution in [0.2, 0.25) is 0 Å². The summed E-state index contributed by atoms with van der Waals surface area (Å²) in [5.41, 5.74) is 6.50. The molecule has 1 aromatic rings. The Bertz CT molecular complexity index is 472. The summed E-state index contributed by atoms with van der Waals surface area (Å²) in [6, 6.07) is 4.74. The first-order chi connectivity index (χ1) is 8.93. The van der Waals surface area contributed by atoms with E-state index in [2.05, 4.69) is 10.6 Å². The Morgan fingerprint density at radius 1 is 1.37 bits per heavy atom. The zero-order valence-corrected chi connectivity index (χ0v) is 11.3. The molecule has 0 saturated heterocycles. The molecule has 6 nitrogen and oxygen atoms in total. The fraction of sp³-hybridized carbons (Fsp3) is 0.385. The Morgan fingerprint density at radius 3 is 2.63 bits per heavy atom. The molecule has 2 amide bonds. The summed E-state index contributed by atoms with van der Waals surface area (Å²) in [5, 5.41) is 5.21. The lowest BCUT2D eigenvalue weighted by atomic mass is 10.2. The molecule has 0 heterocycles. The van der Waals surface area contributed by atoms with Crippen molar-refractivity contribution in [3.8, 4) is 5.75 Å². The van der Waals surface area contributed by atoms with Crippen molar-refractivity contribution in [2.75, 3.05) is 19.4 Å². The van der Waals surface area contributed by atoms with Gasteiger partial charge >= 0.3 is 0 Å². The van der Waals surface area contributed by atoms with Gasteiger partial charge in [0.1, 0.15) is 5.75 Å². The second kappa shape index (κ2) is 6.63. The molecule has 0 unspecified atom stereocenters. The van der Waals surface area contributed by atoms with Crippen LogP contribution in [0.5, 0.6) is 5.75 Å². The molecular weight excluding hydrogens is 246 g/mol.